The number of hydrogen-bond acceptors (Lipinski definition) is 5. The van der Waals surface area contributed by atoms with Gasteiger partial charge in [0.1, 0.15) is 10.5 Å². The van der Waals surface area contributed by atoms with Crippen LogP contribution in [0.4, 0.5) is 5.69 Å². The first-order valence-corrected chi connectivity index (χ1v) is 9.94. The van der Waals surface area contributed by atoms with E-state index < -0.39 is 21.3 Å². The first-order valence-electron chi connectivity index (χ1n) is 8.50. The molecule has 0 spiro atoms. The Kier molecular flexibility index (Phi) is 3.92. The number of benzene rings is 1. The quantitative estimate of drug-likeness (QED) is 0.709. The average Bonchev–Trinajstić information content (AvgIpc) is 2.65. The van der Waals surface area contributed by atoms with Crippen LogP contribution in [0, 0.1) is 6.92 Å². The summed E-state index contributed by atoms with van der Waals surface area (Å²) >= 11 is 0. The zero-order valence-corrected chi connectivity index (χ0v) is 15.7. The number of aromatic amines is 1. The second-order valence-electron chi connectivity index (χ2n) is 6.67. The molecule has 0 aliphatic carbocycles. The number of sulfonamides is 1. The zero-order valence-electron chi connectivity index (χ0n) is 14.9. The van der Waals surface area contributed by atoms with Gasteiger partial charge in [0.15, 0.2) is 0 Å². The molecule has 0 atom stereocenters. The van der Waals surface area contributed by atoms with E-state index in [1.165, 1.54) is 28.2 Å². The molecular formula is C18H18N4O4S. The highest BCUT2D eigenvalue weighted by Crippen LogP contribution is 2.32. The van der Waals surface area contributed by atoms with Gasteiger partial charge in [-0.25, -0.2) is 18.2 Å². The number of aryl methyl sites for hydroxylation is 3. The molecule has 0 fully saturated rings. The van der Waals surface area contributed by atoms with E-state index in [4.69, 9.17) is 0 Å². The SMILES string of the molecule is Cc1ccc2c(c1)CCCN2S(=O)(=O)c1cnc2c(c1)c(=O)[nH]c(=O)n2C. The van der Waals surface area contributed by atoms with Crippen LogP contribution in [0.5, 0.6) is 0 Å². The third-order valence-electron chi connectivity index (χ3n) is 4.83. The van der Waals surface area contributed by atoms with Crippen LogP contribution in [0.25, 0.3) is 11.0 Å². The Morgan fingerprint density at radius 1 is 1.19 bits per heavy atom. The molecule has 27 heavy (non-hydrogen) atoms. The topological polar surface area (TPSA) is 105 Å². The van der Waals surface area contributed by atoms with Crippen LogP contribution < -0.4 is 15.6 Å². The molecule has 0 amide bonds. The van der Waals surface area contributed by atoms with Crippen LogP contribution in [-0.4, -0.2) is 29.5 Å². The maximum atomic E-state index is 13.2. The number of fused-ring (bicyclic) bond motifs is 2. The van der Waals surface area contributed by atoms with Crippen molar-refractivity contribution in [3.8, 4) is 0 Å². The second kappa shape index (κ2) is 6.05. The lowest BCUT2D eigenvalue weighted by molar-refractivity contribution is 0.586. The predicted molar refractivity (Wildman–Crippen MR) is 102 cm³/mol. The summed E-state index contributed by atoms with van der Waals surface area (Å²) in [5.41, 5.74) is 1.59. The molecule has 4 rings (SSSR count). The molecule has 1 aliphatic heterocycles. The van der Waals surface area contributed by atoms with Crippen molar-refractivity contribution in [2.24, 2.45) is 7.05 Å². The molecule has 0 radical (unpaired) electrons. The number of hydrogen-bond donors (Lipinski definition) is 1. The van der Waals surface area contributed by atoms with Crippen molar-refractivity contribution in [2.45, 2.75) is 24.7 Å². The fraction of sp³-hybridized carbons (Fsp3) is 0.278. The van der Waals surface area contributed by atoms with E-state index in [1.807, 2.05) is 25.1 Å². The first kappa shape index (κ1) is 17.5. The molecule has 3 aromatic rings. The van der Waals surface area contributed by atoms with Crippen LogP contribution in [0.3, 0.4) is 0 Å². The molecule has 0 saturated carbocycles. The number of rotatable bonds is 2. The summed E-state index contributed by atoms with van der Waals surface area (Å²) < 4.78 is 29.0. The summed E-state index contributed by atoms with van der Waals surface area (Å²) in [6, 6.07) is 6.96. The van der Waals surface area contributed by atoms with Crippen LogP contribution >= 0.6 is 0 Å². The molecular weight excluding hydrogens is 368 g/mol. The van der Waals surface area contributed by atoms with Crippen molar-refractivity contribution in [1.82, 2.24) is 14.5 Å². The van der Waals surface area contributed by atoms with Crippen molar-refractivity contribution in [3.05, 3.63) is 62.4 Å². The molecule has 0 unspecified atom stereocenters. The van der Waals surface area contributed by atoms with Gasteiger partial charge in [-0.1, -0.05) is 17.7 Å². The summed E-state index contributed by atoms with van der Waals surface area (Å²) in [5, 5.41) is 0.0549. The Hall–Kier alpha value is -2.94. The van der Waals surface area contributed by atoms with E-state index in [-0.39, 0.29) is 15.9 Å². The van der Waals surface area contributed by atoms with E-state index in [0.717, 1.165) is 17.5 Å². The maximum absolute atomic E-state index is 13.2. The lowest BCUT2D eigenvalue weighted by atomic mass is 10.0. The Morgan fingerprint density at radius 2 is 1.96 bits per heavy atom. The number of H-pyrrole nitrogens is 1. The van der Waals surface area contributed by atoms with Gasteiger partial charge in [-0.2, -0.15) is 0 Å². The maximum Gasteiger partial charge on any atom is 0.329 e. The Morgan fingerprint density at radius 3 is 2.74 bits per heavy atom. The summed E-state index contributed by atoms with van der Waals surface area (Å²) in [4.78, 5) is 30.0. The average molecular weight is 386 g/mol. The van der Waals surface area contributed by atoms with Gasteiger partial charge in [-0.05, 0) is 37.5 Å². The lowest BCUT2D eigenvalue weighted by Gasteiger charge is -2.30. The predicted octanol–water partition coefficient (Wildman–Crippen LogP) is 1.07. The van der Waals surface area contributed by atoms with Gasteiger partial charge in [0, 0.05) is 19.8 Å². The van der Waals surface area contributed by atoms with Gasteiger partial charge < -0.3 is 0 Å². The standard InChI is InChI=1S/C18H18N4O4S/c1-11-5-6-15-12(8-11)4-3-7-22(15)27(25,26)13-9-14-16(19-10-13)21(2)18(24)20-17(14)23/h5-6,8-10H,3-4,7H2,1-2H3,(H,20,23,24). The normalized spacial score (nSPS) is 14.4. The largest absolute Gasteiger partial charge is 0.329 e. The first-order chi connectivity index (χ1) is 12.8. The Bertz CT molecular complexity index is 1290. The second-order valence-corrected chi connectivity index (χ2v) is 8.54. The van der Waals surface area contributed by atoms with Crippen LogP contribution in [0.15, 0.2) is 44.9 Å². The number of anilines is 1. The van der Waals surface area contributed by atoms with Crippen molar-refractivity contribution in [1.29, 1.82) is 0 Å². The van der Waals surface area contributed by atoms with Gasteiger partial charge in [-0.15, -0.1) is 0 Å². The Balaban J connectivity index is 1.89. The summed E-state index contributed by atoms with van der Waals surface area (Å²) in [5.74, 6) is 0. The fourth-order valence-corrected chi connectivity index (χ4v) is 4.94. The molecule has 3 heterocycles. The smallest absolute Gasteiger partial charge is 0.281 e. The number of aromatic nitrogens is 3. The van der Waals surface area contributed by atoms with Crippen LogP contribution in [0.1, 0.15) is 17.5 Å². The fourth-order valence-electron chi connectivity index (χ4n) is 3.43. The minimum atomic E-state index is -3.89. The van der Waals surface area contributed by atoms with Crippen LogP contribution in [0.2, 0.25) is 0 Å². The molecule has 1 aliphatic rings. The number of nitrogens with zero attached hydrogens (tertiary/aromatic N) is 3. The minimum Gasteiger partial charge on any atom is -0.281 e. The highest BCUT2D eigenvalue weighted by Gasteiger charge is 2.30. The summed E-state index contributed by atoms with van der Waals surface area (Å²) in [6.45, 7) is 2.33. The highest BCUT2D eigenvalue weighted by atomic mass is 32.2. The molecule has 0 saturated heterocycles. The van der Waals surface area contributed by atoms with E-state index in [9.17, 15) is 18.0 Å². The molecule has 9 heteroatoms. The van der Waals surface area contributed by atoms with E-state index in [1.54, 1.807) is 0 Å². The Labute approximate surface area is 155 Å². The molecule has 140 valence electrons. The summed E-state index contributed by atoms with van der Waals surface area (Å²) in [7, 11) is -2.43. The third-order valence-corrected chi connectivity index (χ3v) is 6.61. The van der Waals surface area contributed by atoms with E-state index >= 15 is 0 Å². The molecule has 0 bridgehead atoms. The van der Waals surface area contributed by atoms with Crippen molar-refractivity contribution < 1.29 is 8.42 Å². The minimum absolute atomic E-state index is 0.0549. The van der Waals surface area contributed by atoms with Crippen molar-refractivity contribution in [3.63, 3.8) is 0 Å². The van der Waals surface area contributed by atoms with Gasteiger partial charge in [-0.3, -0.25) is 18.7 Å². The van der Waals surface area contributed by atoms with Gasteiger partial charge in [0.05, 0.1) is 11.1 Å². The third kappa shape index (κ3) is 2.74. The van der Waals surface area contributed by atoms with Gasteiger partial charge in [0.2, 0.25) is 0 Å². The zero-order chi connectivity index (χ0) is 19.3. The van der Waals surface area contributed by atoms with E-state index in [2.05, 4.69) is 9.97 Å². The molecule has 1 aromatic carbocycles. The number of nitrogens with one attached hydrogen (secondary N) is 1. The highest BCUT2D eigenvalue weighted by molar-refractivity contribution is 7.92. The van der Waals surface area contributed by atoms with E-state index in [0.29, 0.717) is 18.7 Å². The van der Waals surface area contributed by atoms with Crippen molar-refractivity contribution >= 4 is 26.7 Å². The van der Waals surface area contributed by atoms with Crippen molar-refractivity contribution in [2.75, 3.05) is 10.8 Å². The molecule has 2 aromatic heterocycles. The number of pyridine rings is 1. The summed E-state index contributed by atoms with van der Waals surface area (Å²) in [6.07, 6.45) is 2.73. The monoisotopic (exact) mass is 386 g/mol. The lowest BCUT2D eigenvalue weighted by Crippen LogP contribution is -2.36. The molecule has 8 nitrogen and oxygen atoms in total. The molecule has 1 N–H and O–H groups in total. The van der Waals surface area contributed by atoms with Crippen LogP contribution in [-0.2, 0) is 23.5 Å². The van der Waals surface area contributed by atoms with Gasteiger partial charge in [0.25, 0.3) is 15.6 Å². The van der Waals surface area contributed by atoms with Gasteiger partial charge >= 0.3 is 5.69 Å².